The second kappa shape index (κ2) is 5.64. The Hall–Kier alpha value is -2.32. The van der Waals surface area contributed by atoms with E-state index in [0.717, 1.165) is 21.0 Å². The summed E-state index contributed by atoms with van der Waals surface area (Å²) in [6.45, 7) is 0. The Morgan fingerprint density at radius 2 is 1.88 bits per heavy atom. The summed E-state index contributed by atoms with van der Waals surface area (Å²) in [6, 6.07) is 10.1. The molecule has 0 unspecified atom stereocenters. The van der Waals surface area contributed by atoms with Crippen LogP contribution in [0.1, 0.15) is 5.69 Å². The predicted octanol–water partition coefficient (Wildman–Crippen LogP) is 2.24. The molecule has 0 spiro atoms. The van der Waals surface area contributed by atoms with Gasteiger partial charge in [-0.1, -0.05) is 18.2 Å². The van der Waals surface area contributed by atoms with Crippen molar-refractivity contribution < 1.29 is 0 Å². The van der Waals surface area contributed by atoms with E-state index in [0.29, 0.717) is 11.2 Å². The fourth-order valence-electron chi connectivity index (χ4n) is 2.67. The maximum atomic E-state index is 12.6. The molecule has 0 saturated heterocycles. The van der Waals surface area contributed by atoms with Gasteiger partial charge in [0.2, 0.25) is 0 Å². The lowest BCUT2D eigenvalue weighted by Gasteiger charge is -2.04. The highest BCUT2D eigenvalue weighted by Crippen LogP contribution is 2.27. The summed E-state index contributed by atoms with van der Waals surface area (Å²) in [5.74, 6) is 0.724. The molecule has 0 fully saturated rings. The SMILES string of the molecule is Cn1c(=O)c2c(nc3scc(CSc4ccccc4)n32)n(C)c1=O. The molecular formula is C16H14N4O2S2. The highest BCUT2D eigenvalue weighted by molar-refractivity contribution is 7.98. The second-order valence-corrected chi connectivity index (χ2v) is 7.32. The summed E-state index contributed by atoms with van der Waals surface area (Å²) in [5, 5.41) is 2.02. The number of rotatable bonds is 3. The van der Waals surface area contributed by atoms with Gasteiger partial charge >= 0.3 is 5.69 Å². The van der Waals surface area contributed by atoms with Gasteiger partial charge in [0.15, 0.2) is 16.1 Å². The minimum Gasteiger partial charge on any atom is -0.280 e. The Morgan fingerprint density at radius 3 is 2.62 bits per heavy atom. The number of aryl methyl sites for hydroxylation is 1. The third kappa shape index (κ3) is 2.22. The van der Waals surface area contributed by atoms with Gasteiger partial charge in [0.05, 0.1) is 0 Å². The zero-order chi connectivity index (χ0) is 16.8. The van der Waals surface area contributed by atoms with Crippen LogP contribution in [0.3, 0.4) is 0 Å². The van der Waals surface area contributed by atoms with Crippen molar-refractivity contribution in [3.8, 4) is 0 Å². The lowest BCUT2D eigenvalue weighted by Crippen LogP contribution is -2.37. The molecule has 0 N–H and O–H groups in total. The van der Waals surface area contributed by atoms with Crippen molar-refractivity contribution in [3.05, 3.63) is 62.2 Å². The van der Waals surface area contributed by atoms with E-state index in [1.807, 2.05) is 28.0 Å². The van der Waals surface area contributed by atoms with Crippen LogP contribution in [-0.2, 0) is 19.8 Å². The van der Waals surface area contributed by atoms with E-state index in [1.165, 1.54) is 27.8 Å². The normalized spacial score (nSPS) is 11.6. The first-order valence-corrected chi connectivity index (χ1v) is 9.17. The van der Waals surface area contributed by atoms with E-state index in [2.05, 4.69) is 17.1 Å². The van der Waals surface area contributed by atoms with Crippen molar-refractivity contribution in [2.24, 2.45) is 14.1 Å². The van der Waals surface area contributed by atoms with Crippen LogP contribution in [0.25, 0.3) is 16.1 Å². The molecule has 0 aliphatic heterocycles. The van der Waals surface area contributed by atoms with E-state index < -0.39 is 0 Å². The standard InChI is InChI=1S/C16H14N4O2S2/c1-18-13-12(14(21)19(2)16(18)22)20-10(9-24-15(20)17-13)8-23-11-6-4-3-5-7-11/h3-7,9H,8H2,1-2H3. The van der Waals surface area contributed by atoms with E-state index in [4.69, 9.17) is 0 Å². The fourth-order valence-corrected chi connectivity index (χ4v) is 4.53. The van der Waals surface area contributed by atoms with Gasteiger partial charge < -0.3 is 0 Å². The van der Waals surface area contributed by atoms with Gasteiger partial charge in [-0.2, -0.15) is 0 Å². The van der Waals surface area contributed by atoms with Gasteiger partial charge in [0.25, 0.3) is 5.56 Å². The molecule has 3 heterocycles. The molecular weight excluding hydrogens is 344 g/mol. The van der Waals surface area contributed by atoms with Crippen LogP contribution >= 0.6 is 23.1 Å². The largest absolute Gasteiger partial charge is 0.332 e. The quantitative estimate of drug-likeness (QED) is 0.527. The molecule has 0 aliphatic carbocycles. The average Bonchev–Trinajstić information content (AvgIpc) is 3.16. The molecule has 4 aromatic rings. The molecule has 8 heteroatoms. The molecule has 4 rings (SSSR count). The number of aromatic nitrogens is 4. The third-order valence-electron chi connectivity index (χ3n) is 3.94. The van der Waals surface area contributed by atoms with Crippen molar-refractivity contribution in [1.29, 1.82) is 0 Å². The summed E-state index contributed by atoms with van der Waals surface area (Å²) < 4.78 is 4.42. The minimum atomic E-state index is -0.363. The first-order chi connectivity index (χ1) is 11.6. The average molecular weight is 358 g/mol. The summed E-state index contributed by atoms with van der Waals surface area (Å²) >= 11 is 3.18. The highest BCUT2D eigenvalue weighted by Gasteiger charge is 2.18. The van der Waals surface area contributed by atoms with E-state index in [9.17, 15) is 9.59 Å². The smallest absolute Gasteiger partial charge is 0.280 e. The summed E-state index contributed by atoms with van der Waals surface area (Å²) in [5.41, 5.74) is 1.21. The Morgan fingerprint density at radius 1 is 1.12 bits per heavy atom. The number of fused-ring (bicyclic) bond motifs is 3. The van der Waals surface area contributed by atoms with Crippen molar-refractivity contribution in [3.63, 3.8) is 0 Å². The maximum Gasteiger partial charge on any atom is 0.332 e. The summed E-state index contributed by atoms with van der Waals surface area (Å²) in [6.07, 6.45) is 0. The number of hydrogen-bond donors (Lipinski definition) is 0. The Labute approximate surface area is 145 Å². The van der Waals surface area contributed by atoms with Crippen LogP contribution < -0.4 is 11.2 Å². The lowest BCUT2D eigenvalue weighted by molar-refractivity contribution is 0.707. The molecule has 3 aromatic heterocycles. The topological polar surface area (TPSA) is 61.3 Å². The van der Waals surface area contributed by atoms with Gasteiger partial charge in [-0.15, -0.1) is 23.1 Å². The van der Waals surface area contributed by atoms with E-state index >= 15 is 0 Å². The highest BCUT2D eigenvalue weighted by atomic mass is 32.2. The third-order valence-corrected chi connectivity index (χ3v) is 5.86. The summed E-state index contributed by atoms with van der Waals surface area (Å²) in [7, 11) is 3.13. The molecule has 0 amide bonds. The zero-order valence-electron chi connectivity index (χ0n) is 13.1. The molecule has 0 bridgehead atoms. The number of thioether (sulfide) groups is 1. The monoisotopic (exact) mass is 358 g/mol. The summed E-state index contributed by atoms with van der Waals surface area (Å²) in [4.78, 5) is 31.0. The molecule has 0 saturated carbocycles. The molecule has 1 aromatic carbocycles. The Bertz CT molecular complexity index is 1170. The van der Waals surface area contributed by atoms with Crippen LogP contribution in [0.5, 0.6) is 0 Å². The number of thiazole rings is 1. The Balaban J connectivity index is 1.89. The van der Waals surface area contributed by atoms with Crippen molar-refractivity contribution >= 4 is 39.2 Å². The van der Waals surface area contributed by atoms with E-state index in [-0.39, 0.29) is 11.2 Å². The van der Waals surface area contributed by atoms with Gasteiger partial charge in [-0.3, -0.25) is 18.3 Å². The molecule has 0 radical (unpaired) electrons. The van der Waals surface area contributed by atoms with Crippen LogP contribution in [0, 0.1) is 0 Å². The number of nitrogens with zero attached hydrogens (tertiary/aromatic N) is 4. The van der Waals surface area contributed by atoms with Gasteiger partial charge in [0.1, 0.15) is 0 Å². The van der Waals surface area contributed by atoms with Crippen molar-refractivity contribution in [2.75, 3.05) is 0 Å². The second-order valence-electron chi connectivity index (χ2n) is 5.44. The number of hydrogen-bond acceptors (Lipinski definition) is 5. The van der Waals surface area contributed by atoms with Crippen molar-refractivity contribution in [2.45, 2.75) is 10.6 Å². The molecule has 24 heavy (non-hydrogen) atoms. The maximum absolute atomic E-state index is 12.6. The first-order valence-electron chi connectivity index (χ1n) is 7.30. The molecule has 0 aliphatic rings. The number of benzene rings is 1. The fraction of sp³-hybridized carbons (Fsp3) is 0.188. The van der Waals surface area contributed by atoms with Crippen LogP contribution in [0.2, 0.25) is 0 Å². The molecule has 122 valence electrons. The van der Waals surface area contributed by atoms with Gasteiger partial charge in [0, 0.05) is 35.8 Å². The predicted molar refractivity (Wildman–Crippen MR) is 97.1 cm³/mol. The minimum absolute atomic E-state index is 0.315. The van der Waals surface area contributed by atoms with Gasteiger partial charge in [-0.05, 0) is 12.1 Å². The number of imidazole rings is 1. The zero-order valence-corrected chi connectivity index (χ0v) is 14.7. The van der Waals surface area contributed by atoms with Crippen LogP contribution in [0.4, 0.5) is 0 Å². The van der Waals surface area contributed by atoms with Crippen molar-refractivity contribution in [1.82, 2.24) is 18.5 Å². The van der Waals surface area contributed by atoms with Crippen LogP contribution in [0.15, 0.2) is 50.2 Å². The van der Waals surface area contributed by atoms with E-state index in [1.54, 1.807) is 18.8 Å². The Kier molecular flexibility index (Phi) is 3.58. The lowest BCUT2D eigenvalue weighted by atomic mass is 10.4. The van der Waals surface area contributed by atoms with Gasteiger partial charge in [-0.25, -0.2) is 9.78 Å². The molecule has 6 nitrogen and oxygen atoms in total. The van der Waals surface area contributed by atoms with Crippen LogP contribution in [-0.4, -0.2) is 18.5 Å². The first kappa shape index (κ1) is 15.2. The molecule has 0 atom stereocenters.